The highest BCUT2D eigenvalue weighted by Gasteiger charge is 2.29. The van der Waals surface area contributed by atoms with Crippen molar-refractivity contribution >= 4 is 11.6 Å². The summed E-state index contributed by atoms with van der Waals surface area (Å²) in [4.78, 5) is 14.3. The van der Waals surface area contributed by atoms with Gasteiger partial charge in [0.2, 0.25) is 5.91 Å². The van der Waals surface area contributed by atoms with Crippen molar-refractivity contribution < 1.29 is 9.90 Å². The molecule has 2 N–H and O–H groups in total. The fraction of sp³-hybridized carbons (Fsp3) is 0.562. The Morgan fingerprint density at radius 1 is 1.45 bits per heavy atom. The molecule has 2 unspecified atom stereocenters. The highest BCUT2D eigenvalue weighted by Crippen LogP contribution is 2.23. The number of hydrogen-bond acceptors (Lipinski definition) is 3. The van der Waals surface area contributed by atoms with Gasteiger partial charge in [0.25, 0.3) is 0 Å². The van der Waals surface area contributed by atoms with Gasteiger partial charge in [-0.05, 0) is 43.9 Å². The zero-order valence-corrected chi connectivity index (χ0v) is 12.3. The number of aliphatic hydroxyl groups excluding tert-OH is 1. The molecule has 0 radical (unpaired) electrons. The third-order valence-corrected chi connectivity index (χ3v) is 4.18. The molecule has 0 saturated carbocycles. The fourth-order valence-electron chi connectivity index (χ4n) is 2.91. The van der Waals surface area contributed by atoms with Crippen LogP contribution < -0.4 is 5.32 Å². The van der Waals surface area contributed by atoms with Gasteiger partial charge < -0.3 is 10.4 Å². The van der Waals surface area contributed by atoms with Gasteiger partial charge in [-0.1, -0.05) is 25.1 Å². The number of benzene rings is 1. The first-order valence-corrected chi connectivity index (χ1v) is 7.32. The third kappa shape index (κ3) is 3.58. The summed E-state index contributed by atoms with van der Waals surface area (Å²) in [5.74, 6) is 0.437. The lowest BCUT2D eigenvalue weighted by molar-refractivity contribution is -0.118. The van der Waals surface area contributed by atoms with Crippen LogP contribution >= 0.6 is 0 Å². The van der Waals surface area contributed by atoms with E-state index in [9.17, 15) is 9.90 Å². The zero-order chi connectivity index (χ0) is 14.5. The number of anilines is 1. The van der Waals surface area contributed by atoms with Gasteiger partial charge in [-0.15, -0.1) is 0 Å². The van der Waals surface area contributed by atoms with E-state index in [0.29, 0.717) is 12.5 Å². The van der Waals surface area contributed by atoms with Crippen molar-refractivity contribution in [2.24, 2.45) is 5.92 Å². The summed E-state index contributed by atoms with van der Waals surface area (Å²) in [5, 5.41) is 12.5. The van der Waals surface area contributed by atoms with Crippen LogP contribution in [0, 0.1) is 12.8 Å². The van der Waals surface area contributed by atoms with Crippen LogP contribution in [-0.4, -0.2) is 41.7 Å². The first kappa shape index (κ1) is 15.0. The SMILES string of the molecule is Cc1ccccc1NC(=O)CN1CCCC(C)C1CO. The molecule has 110 valence electrons. The lowest BCUT2D eigenvalue weighted by atomic mass is 9.91. The van der Waals surface area contributed by atoms with E-state index in [1.165, 1.54) is 0 Å². The molecule has 1 aliphatic rings. The van der Waals surface area contributed by atoms with Gasteiger partial charge in [0, 0.05) is 11.7 Å². The molecule has 20 heavy (non-hydrogen) atoms. The Morgan fingerprint density at radius 2 is 2.20 bits per heavy atom. The predicted octanol–water partition coefficient (Wildman–Crippen LogP) is 2.03. The first-order valence-electron chi connectivity index (χ1n) is 7.32. The summed E-state index contributed by atoms with van der Waals surface area (Å²) in [5.41, 5.74) is 1.93. The van der Waals surface area contributed by atoms with Gasteiger partial charge >= 0.3 is 0 Å². The Bertz CT molecular complexity index is 462. The number of aliphatic hydroxyl groups is 1. The van der Waals surface area contributed by atoms with Crippen LogP contribution in [0.4, 0.5) is 5.69 Å². The van der Waals surface area contributed by atoms with Crippen LogP contribution in [0.2, 0.25) is 0 Å². The largest absolute Gasteiger partial charge is 0.395 e. The molecule has 1 aromatic carbocycles. The van der Waals surface area contributed by atoms with Crippen LogP contribution in [0.1, 0.15) is 25.3 Å². The van der Waals surface area contributed by atoms with E-state index >= 15 is 0 Å². The molecule has 0 aromatic heterocycles. The van der Waals surface area contributed by atoms with Crippen LogP contribution in [-0.2, 0) is 4.79 Å². The smallest absolute Gasteiger partial charge is 0.238 e. The van der Waals surface area contributed by atoms with E-state index in [-0.39, 0.29) is 18.6 Å². The molecule has 1 amide bonds. The predicted molar refractivity (Wildman–Crippen MR) is 80.7 cm³/mol. The molecule has 1 heterocycles. The van der Waals surface area contributed by atoms with Gasteiger partial charge in [0.05, 0.1) is 13.2 Å². The minimum atomic E-state index is -0.00755. The number of amides is 1. The minimum Gasteiger partial charge on any atom is -0.395 e. The number of carbonyl (C=O) groups is 1. The Morgan fingerprint density at radius 3 is 2.90 bits per heavy atom. The maximum absolute atomic E-state index is 12.2. The van der Waals surface area contributed by atoms with Crippen molar-refractivity contribution in [3.8, 4) is 0 Å². The number of piperidine rings is 1. The quantitative estimate of drug-likeness (QED) is 0.884. The van der Waals surface area contributed by atoms with Crippen LogP contribution in [0.3, 0.4) is 0 Å². The van der Waals surface area contributed by atoms with Gasteiger partial charge in [-0.3, -0.25) is 9.69 Å². The van der Waals surface area contributed by atoms with E-state index < -0.39 is 0 Å². The van der Waals surface area contributed by atoms with E-state index in [2.05, 4.69) is 17.1 Å². The summed E-state index contributed by atoms with van der Waals surface area (Å²) in [7, 11) is 0. The number of para-hydroxylation sites is 1. The number of rotatable bonds is 4. The summed E-state index contributed by atoms with van der Waals surface area (Å²) < 4.78 is 0. The Hall–Kier alpha value is -1.39. The second-order valence-electron chi connectivity index (χ2n) is 5.70. The van der Waals surface area contributed by atoms with Crippen molar-refractivity contribution in [2.45, 2.75) is 32.7 Å². The number of nitrogens with zero attached hydrogens (tertiary/aromatic N) is 1. The topological polar surface area (TPSA) is 52.6 Å². The number of likely N-dealkylation sites (tertiary alicyclic amines) is 1. The van der Waals surface area contributed by atoms with Gasteiger partial charge in [0.15, 0.2) is 0 Å². The van der Waals surface area contributed by atoms with Crippen molar-refractivity contribution in [2.75, 3.05) is 25.0 Å². The maximum atomic E-state index is 12.2. The number of aryl methyl sites for hydroxylation is 1. The monoisotopic (exact) mass is 276 g/mol. The number of carbonyl (C=O) groups excluding carboxylic acids is 1. The summed E-state index contributed by atoms with van der Waals surface area (Å²) in [6.07, 6.45) is 2.22. The van der Waals surface area contributed by atoms with E-state index in [4.69, 9.17) is 0 Å². The molecule has 0 bridgehead atoms. The second-order valence-corrected chi connectivity index (χ2v) is 5.70. The molecule has 1 saturated heterocycles. The molecule has 1 aromatic rings. The van der Waals surface area contributed by atoms with Crippen molar-refractivity contribution in [1.29, 1.82) is 0 Å². The van der Waals surface area contributed by atoms with Crippen molar-refractivity contribution in [3.05, 3.63) is 29.8 Å². The maximum Gasteiger partial charge on any atom is 0.238 e. The lowest BCUT2D eigenvalue weighted by Crippen LogP contribution is -2.49. The summed E-state index contributed by atoms with van der Waals surface area (Å²) in [6.45, 7) is 5.49. The van der Waals surface area contributed by atoms with Crippen LogP contribution in [0.5, 0.6) is 0 Å². The van der Waals surface area contributed by atoms with Gasteiger partial charge in [-0.2, -0.15) is 0 Å². The van der Waals surface area contributed by atoms with Gasteiger partial charge in [-0.25, -0.2) is 0 Å². The molecule has 4 heteroatoms. The van der Waals surface area contributed by atoms with E-state index in [1.807, 2.05) is 31.2 Å². The average molecular weight is 276 g/mol. The number of hydrogen-bond donors (Lipinski definition) is 2. The normalized spacial score (nSPS) is 23.6. The molecule has 2 atom stereocenters. The summed E-state index contributed by atoms with van der Waals surface area (Å²) in [6, 6.07) is 7.87. The lowest BCUT2D eigenvalue weighted by Gasteiger charge is -2.38. The molecule has 0 spiro atoms. The fourth-order valence-corrected chi connectivity index (χ4v) is 2.91. The summed E-state index contributed by atoms with van der Waals surface area (Å²) >= 11 is 0. The Kier molecular flexibility index (Phi) is 5.15. The van der Waals surface area contributed by atoms with Gasteiger partial charge in [0.1, 0.15) is 0 Å². The Labute approximate surface area is 120 Å². The second kappa shape index (κ2) is 6.86. The molecule has 1 fully saturated rings. The molecular weight excluding hydrogens is 252 g/mol. The van der Waals surface area contributed by atoms with Crippen molar-refractivity contribution in [3.63, 3.8) is 0 Å². The van der Waals surface area contributed by atoms with Crippen LogP contribution in [0.25, 0.3) is 0 Å². The van der Waals surface area contributed by atoms with E-state index in [0.717, 1.165) is 30.6 Å². The highest BCUT2D eigenvalue weighted by molar-refractivity contribution is 5.92. The highest BCUT2D eigenvalue weighted by atomic mass is 16.3. The number of nitrogens with one attached hydrogen (secondary N) is 1. The third-order valence-electron chi connectivity index (χ3n) is 4.18. The molecule has 0 aliphatic carbocycles. The molecule has 4 nitrogen and oxygen atoms in total. The Balaban J connectivity index is 1.95. The molecular formula is C16H24N2O2. The standard InChI is InChI=1S/C16H24N2O2/c1-12-6-3-4-8-14(12)17-16(20)10-18-9-5-7-13(2)15(18)11-19/h3-4,6,8,13,15,19H,5,7,9-11H2,1-2H3,(H,17,20). The molecule has 1 aliphatic heterocycles. The average Bonchev–Trinajstić information content (AvgIpc) is 2.42. The van der Waals surface area contributed by atoms with Crippen molar-refractivity contribution in [1.82, 2.24) is 4.90 Å². The van der Waals surface area contributed by atoms with E-state index in [1.54, 1.807) is 0 Å². The zero-order valence-electron chi connectivity index (χ0n) is 12.3. The molecule has 2 rings (SSSR count). The minimum absolute atomic E-state index is 0.00755. The van der Waals surface area contributed by atoms with Crippen LogP contribution in [0.15, 0.2) is 24.3 Å². The first-order chi connectivity index (χ1) is 9.61.